The van der Waals surface area contributed by atoms with Gasteiger partial charge in [-0.1, -0.05) is 36.4 Å². The van der Waals surface area contributed by atoms with Crippen LogP contribution < -0.4 is 19.1 Å². The van der Waals surface area contributed by atoms with Crippen LogP contribution in [-0.2, 0) is 26.2 Å². The Morgan fingerprint density at radius 3 is 2.08 bits per heavy atom. The molecule has 0 aliphatic rings. The first-order chi connectivity index (χ1) is 18.6. The lowest BCUT2D eigenvalue weighted by Crippen LogP contribution is -2.52. The second kappa shape index (κ2) is 13.1. The third kappa shape index (κ3) is 7.51. The molecule has 3 aromatic carbocycles. The fourth-order valence-electron chi connectivity index (χ4n) is 3.97. The zero-order valence-electron chi connectivity index (χ0n) is 22.8. The highest BCUT2D eigenvalue weighted by atomic mass is 32.2. The molecule has 0 fully saturated rings. The van der Waals surface area contributed by atoms with Crippen molar-refractivity contribution in [2.75, 3.05) is 25.1 Å². The van der Waals surface area contributed by atoms with E-state index in [-0.39, 0.29) is 29.1 Å². The van der Waals surface area contributed by atoms with Crippen molar-refractivity contribution < 1.29 is 27.5 Å². The first kappa shape index (κ1) is 29.5. The number of benzene rings is 3. The van der Waals surface area contributed by atoms with E-state index in [2.05, 4.69) is 5.32 Å². The number of sulfonamides is 1. The molecular weight excluding hydrogens is 518 g/mol. The van der Waals surface area contributed by atoms with Crippen LogP contribution in [-0.4, -0.2) is 58.0 Å². The van der Waals surface area contributed by atoms with Crippen LogP contribution in [0.4, 0.5) is 5.69 Å². The highest BCUT2D eigenvalue weighted by Crippen LogP contribution is 2.27. The molecule has 0 bridgehead atoms. The van der Waals surface area contributed by atoms with Gasteiger partial charge in [0.15, 0.2) is 0 Å². The maximum absolute atomic E-state index is 13.9. The van der Waals surface area contributed by atoms with Crippen molar-refractivity contribution in [2.24, 2.45) is 0 Å². The zero-order valence-corrected chi connectivity index (χ0v) is 23.6. The van der Waals surface area contributed by atoms with Gasteiger partial charge in [-0.05, 0) is 62.7 Å². The zero-order chi connectivity index (χ0) is 28.6. The van der Waals surface area contributed by atoms with E-state index in [1.54, 1.807) is 74.7 Å². The second-order valence-corrected chi connectivity index (χ2v) is 11.1. The SMILES string of the molecule is COc1cccc(CN(C(=O)CN(c2cccc(OC)c2)S(=O)(=O)c2ccccc2)[C@@H](C)C(=O)NC(C)C)c1. The van der Waals surface area contributed by atoms with Gasteiger partial charge in [0, 0.05) is 18.7 Å². The smallest absolute Gasteiger partial charge is 0.264 e. The molecule has 0 radical (unpaired) electrons. The molecule has 9 nitrogen and oxygen atoms in total. The van der Waals surface area contributed by atoms with Crippen molar-refractivity contribution in [3.05, 3.63) is 84.4 Å². The lowest BCUT2D eigenvalue weighted by molar-refractivity contribution is -0.139. The van der Waals surface area contributed by atoms with Crippen LogP contribution in [0.1, 0.15) is 26.3 Å². The minimum atomic E-state index is -4.15. The summed E-state index contributed by atoms with van der Waals surface area (Å²) in [5.74, 6) is 0.140. The predicted molar refractivity (Wildman–Crippen MR) is 150 cm³/mol. The summed E-state index contributed by atoms with van der Waals surface area (Å²) in [6, 6.07) is 20.5. The van der Waals surface area contributed by atoms with Gasteiger partial charge in [0.25, 0.3) is 10.0 Å². The summed E-state index contributed by atoms with van der Waals surface area (Å²) in [5.41, 5.74) is 0.984. The molecule has 3 aromatic rings. The normalized spacial score (nSPS) is 11.9. The van der Waals surface area contributed by atoms with E-state index >= 15 is 0 Å². The van der Waals surface area contributed by atoms with Crippen molar-refractivity contribution in [1.82, 2.24) is 10.2 Å². The fourth-order valence-corrected chi connectivity index (χ4v) is 5.40. The molecule has 0 aliphatic carbocycles. The maximum atomic E-state index is 13.9. The van der Waals surface area contributed by atoms with Crippen LogP contribution in [0.15, 0.2) is 83.8 Å². The number of hydrogen-bond acceptors (Lipinski definition) is 6. The lowest BCUT2D eigenvalue weighted by Gasteiger charge is -2.32. The molecule has 0 aliphatic heterocycles. The van der Waals surface area contributed by atoms with Gasteiger partial charge in [0.2, 0.25) is 11.8 Å². The van der Waals surface area contributed by atoms with Crippen LogP contribution >= 0.6 is 0 Å². The van der Waals surface area contributed by atoms with E-state index in [0.717, 1.165) is 9.87 Å². The third-order valence-corrected chi connectivity index (χ3v) is 7.82. The topological polar surface area (TPSA) is 105 Å². The number of ether oxygens (including phenoxy) is 2. The molecule has 39 heavy (non-hydrogen) atoms. The number of carbonyl (C=O) groups is 2. The molecule has 0 saturated carbocycles. The van der Waals surface area contributed by atoms with Crippen molar-refractivity contribution in [1.29, 1.82) is 0 Å². The molecular formula is C29H35N3O6S. The molecule has 0 heterocycles. The van der Waals surface area contributed by atoms with E-state index < -0.39 is 28.5 Å². The molecule has 0 saturated heterocycles. The number of methoxy groups -OCH3 is 2. The van der Waals surface area contributed by atoms with Gasteiger partial charge < -0.3 is 19.7 Å². The molecule has 1 N–H and O–H groups in total. The van der Waals surface area contributed by atoms with E-state index in [4.69, 9.17) is 9.47 Å². The number of rotatable bonds is 12. The van der Waals surface area contributed by atoms with Gasteiger partial charge in [-0.25, -0.2) is 8.42 Å². The van der Waals surface area contributed by atoms with Crippen molar-refractivity contribution in [2.45, 2.75) is 44.3 Å². The number of nitrogens with one attached hydrogen (secondary N) is 1. The summed E-state index contributed by atoms with van der Waals surface area (Å²) in [7, 11) is -1.13. The average Bonchev–Trinajstić information content (AvgIpc) is 2.94. The lowest BCUT2D eigenvalue weighted by atomic mass is 10.1. The molecule has 0 aromatic heterocycles. The standard InChI is InChI=1S/C29H35N3O6S/c1-21(2)30-29(34)22(3)31(19-23-11-9-13-25(17-23)37-4)28(33)20-32(24-12-10-14-26(18-24)38-5)39(35,36)27-15-7-6-8-16-27/h6-18,21-22H,19-20H2,1-5H3,(H,30,34)/t22-/m0/s1. The molecule has 0 spiro atoms. The monoisotopic (exact) mass is 553 g/mol. The first-order valence-electron chi connectivity index (χ1n) is 12.5. The molecule has 0 unspecified atom stereocenters. The second-order valence-electron chi connectivity index (χ2n) is 9.24. The highest BCUT2D eigenvalue weighted by molar-refractivity contribution is 7.92. The third-order valence-electron chi connectivity index (χ3n) is 6.04. The highest BCUT2D eigenvalue weighted by Gasteiger charge is 2.32. The Labute approximate surface area is 230 Å². The van der Waals surface area contributed by atoms with Crippen LogP contribution in [0, 0.1) is 0 Å². The maximum Gasteiger partial charge on any atom is 0.264 e. The van der Waals surface area contributed by atoms with Crippen LogP contribution in [0.5, 0.6) is 11.5 Å². The van der Waals surface area contributed by atoms with Crippen molar-refractivity contribution >= 4 is 27.5 Å². The Hall–Kier alpha value is -4.05. The van der Waals surface area contributed by atoms with Crippen molar-refractivity contribution in [3.8, 4) is 11.5 Å². The van der Waals surface area contributed by atoms with E-state index in [1.165, 1.54) is 24.1 Å². The van der Waals surface area contributed by atoms with Crippen LogP contribution in [0.25, 0.3) is 0 Å². The summed E-state index contributed by atoms with van der Waals surface area (Å²) >= 11 is 0. The van der Waals surface area contributed by atoms with Gasteiger partial charge in [0.1, 0.15) is 24.1 Å². The Morgan fingerprint density at radius 2 is 1.46 bits per heavy atom. The summed E-state index contributed by atoms with van der Waals surface area (Å²) in [6.45, 7) is 4.82. The number of amides is 2. The Morgan fingerprint density at radius 1 is 0.846 bits per heavy atom. The minimum Gasteiger partial charge on any atom is -0.497 e. The minimum absolute atomic E-state index is 0.0329. The van der Waals surface area contributed by atoms with Gasteiger partial charge in [-0.2, -0.15) is 0 Å². The van der Waals surface area contributed by atoms with Crippen LogP contribution in [0.2, 0.25) is 0 Å². The Kier molecular flexibility index (Phi) is 9.95. The summed E-state index contributed by atoms with van der Waals surface area (Å²) in [4.78, 5) is 28.3. The Balaban J connectivity index is 2.04. The number of hydrogen-bond donors (Lipinski definition) is 1. The molecule has 208 valence electrons. The average molecular weight is 554 g/mol. The van der Waals surface area contributed by atoms with Gasteiger partial charge in [-0.15, -0.1) is 0 Å². The molecule has 1 atom stereocenters. The number of anilines is 1. The summed E-state index contributed by atoms with van der Waals surface area (Å²) in [5, 5.41) is 2.84. The van der Waals surface area contributed by atoms with E-state index in [0.29, 0.717) is 11.5 Å². The van der Waals surface area contributed by atoms with Crippen molar-refractivity contribution in [3.63, 3.8) is 0 Å². The predicted octanol–water partition coefficient (Wildman–Crippen LogP) is 3.84. The Bertz CT molecular complexity index is 1380. The van der Waals surface area contributed by atoms with Gasteiger partial charge >= 0.3 is 0 Å². The van der Waals surface area contributed by atoms with Gasteiger partial charge in [-0.3, -0.25) is 13.9 Å². The first-order valence-corrected chi connectivity index (χ1v) is 14.0. The van der Waals surface area contributed by atoms with E-state index in [1.807, 2.05) is 19.9 Å². The summed E-state index contributed by atoms with van der Waals surface area (Å²) in [6.07, 6.45) is 0. The number of carbonyl (C=O) groups excluding carboxylic acids is 2. The molecule has 10 heteroatoms. The molecule has 3 rings (SSSR count). The van der Waals surface area contributed by atoms with E-state index in [9.17, 15) is 18.0 Å². The quantitative estimate of drug-likeness (QED) is 0.365. The largest absolute Gasteiger partial charge is 0.497 e. The summed E-state index contributed by atoms with van der Waals surface area (Å²) < 4.78 is 39.3. The van der Waals surface area contributed by atoms with Gasteiger partial charge in [0.05, 0.1) is 24.8 Å². The fraction of sp³-hybridized carbons (Fsp3) is 0.310. The van der Waals surface area contributed by atoms with Crippen LogP contribution in [0.3, 0.4) is 0 Å². The number of nitrogens with zero attached hydrogens (tertiary/aromatic N) is 2. The molecule has 2 amide bonds.